The zero-order valence-corrected chi connectivity index (χ0v) is 12.1. The minimum Gasteiger partial charge on any atom is -0.391 e. The third kappa shape index (κ3) is 2.99. The van der Waals surface area contributed by atoms with Gasteiger partial charge in [0.05, 0.1) is 6.54 Å². The zero-order valence-electron chi connectivity index (χ0n) is 12.1. The fraction of sp³-hybridized carbons (Fsp3) is 0.333. The molecule has 0 radical (unpaired) electrons. The van der Waals surface area contributed by atoms with E-state index in [1.807, 2.05) is 37.3 Å². The molecule has 0 fully saturated rings. The number of benzene rings is 1. The highest BCUT2D eigenvalue weighted by atomic mass is 16.2. The fourth-order valence-electron chi connectivity index (χ4n) is 2.17. The number of nitrogens with two attached hydrogens (primary N) is 2. The predicted octanol–water partition coefficient (Wildman–Crippen LogP) is 1.02. The van der Waals surface area contributed by atoms with Gasteiger partial charge in [0.25, 0.3) is 5.56 Å². The molecule has 0 amide bonds. The van der Waals surface area contributed by atoms with Crippen molar-refractivity contribution in [1.82, 2.24) is 9.13 Å². The second-order valence-corrected chi connectivity index (χ2v) is 4.96. The number of aromatic nitrogens is 2. The number of nitrogens with zero attached hydrogens (tertiary/aromatic N) is 2. The molecule has 0 spiro atoms. The van der Waals surface area contributed by atoms with Crippen LogP contribution in [0.5, 0.6) is 0 Å². The van der Waals surface area contributed by atoms with E-state index in [1.54, 1.807) is 0 Å². The lowest BCUT2D eigenvalue weighted by atomic mass is 10.2. The van der Waals surface area contributed by atoms with Gasteiger partial charge in [0, 0.05) is 6.54 Å². The number of anilines is 2. The molecule has 112 valence electrons. The second-order valence-electron chi connectivity index (χ2n) is 4.96. The van der Waals surface area contributed by atoms with Gasteiger partial charge in [-0.2, -0.15) is 0 Å². The van der Waals surface area contributed by atoms with Gasteiger partial charge >= 0.3 is 5.69 Å². The Morgan fingerprint density at radius 3 is 2.33 bits per heavy atom. The van der Waals surface area contributed by atoms with E-state index in [2.05, 4.69) is 0 Å². The highest BCUT2D eigenvalue weighted by Crippen LogP contribution is 2.08. The molecule has 0 atom stereocenters. The van der Waals surface area contributed by atoms with Crippen molar-refractivity contribution in [3.05, 3.63) is 56.7 Å². The molecule has 1 heterocycles. The lowest BCUT2D eigenvalue weighted by molar-refractivity contribution is 0.561. The number of nitrogen functional groups attached to an aromatic ring is 2. The predicted molar refractivity (Wildman–Crippen MR) is 84.2 cm³/mol. The van der Waals surface area contributed by atoms with Crippen molar-refractivity contribution in [1.29, 1.82) is 0 Å². The molecule has 0 bridgehead atoms. The maximum atomic E-state index is 12.5. The maximum Gasteiger partial charge on any atom is 0.332 e. The lowest BCUT2D eigenvalue weighted by Gasteiger charge is -2.14. The van der Waals surface area contributed by atoms with Gasteiger partial charge in [0.1, 0.15) is 11.5 Å². The molecule has 21 heavy (non-hydrogen) atoms. The van der Waals surface area contributed by atoms with Crippen LogP contribution >= 0.6 is 0 Å². The van der Waals surface area contributed by atoms with Crippen LogP contribution in [0.25, 0.3) is 0 Å². The largest absolute Gasteiger partial charge is 0.391 e. The number of unbranched alkanes of at least 4 members (excludes halogenated alkanes) is 1. The molecule has 1 aromatic carbocycles. The molecular formula is C15H20N4O2. The zero-order chi connectivity index (χ0) is 15.4. The third-order valence-corrected chi connectivity index (χ3v) is 3.42. The first-order valence-corrected chi connectivity index (χ1v) is 6.98. The van der Waals surface area contributed by atoms with Gasteiger partial charge < -0.3 is 11.5 Å². The van der Waals surface area contributed by atoms with Gasteiger partial charge in [-0.15, -0.1) is 0 Å². The van der Waals surface area contributed by atoms with Crippen LogP contribution in [0.15, 0.2) is 39.9 Å². The summed E-state index contributed by atoms with van der Waals surface area (Å²) in [6.45, 7) is 2.67. The van der Waals surface area contributed by atoms with Crippen LogP contribution < -0.4 is 22.7 Å². The molecule has 0 saturated carbocycles. The average molecular weight is 288 g/mol. The first-order valence-electron chi connectivity index (χ1n) is 6.98. The summed E-state index contributed by atoms with van der Waals surface area (Å²) >= 11 is 0. The second kappa shape index (κ2) is 6.30. The van der Waals surface area contributed by atoms with E-state index in [0.717, 1.165) is 23.0 Å². The summed E-state index contributed by atoms with van der Waals surface area (Å²) < 4.78 is 2.51. The summed E-state index contributed by atoms with van der Waals surface area (Å²) in [7, 11) is 0. The Hall–Kier alpha value is -2.50. The molecule has 0 aliphatic rings. The minimum absolute atomic E-state index is 0.0581. The molecule has 2 aromatic rings. The Morgan fingerprint density at radius 2 is 1.71 bits per heavy atom. The van der Waals surface area contributed by atoms with Crippen molar-refractivity contribution >= 4 is 11.5 Å². The molecule has 2 rings (SSSR count). The molecule has 0 aliphatic heterocycles. The van der Waals surface area contributed by atoms with Gasteiger partial charge in [-0.25, -0.2) is 4.79 Å². The van der Waals surface area contributed by atoms with Crippen LogP contribution in [0.4, 0.5) is 11.5 Å². The summed E-state index contributed by atoms with van der Waals surface area (Å²) in [6.07, 6.45) is 1.72. The van der Waals surface area contributed by atoms with Gasteiger partial charge in [-0.1, -0.05) is 43.7 Å². The Morgan fingerprint density at radius 1 is 1.05 bits per heavy atom. The molecular weight excluding hydrogens is 268 g/mol. The molecule has 6 heteroatoms. The molecule has 1 aromatic heterocycles. The fourth-order valence-corrected chi connectivity index (χ4v) is 2.17. The summed E-state index contributed by atoms with van der Waals surface area (Å²) in [5.74, 6) is 0.0581. The van der Waals surface area contributed by atoms with E-state index in [0.29, 0.717) is 6.54 Å². The highest BCUT2D eigenvalue weighted by Gasteiger charge is 2.14. The first kappa shape index (κ1) is 14.9. The van der Waals surface area contributed by atoms with E-state index < -0.39 is 11.2 Å². The maximum absolute atomic E-state index is 12.5. The summed E-state index contributed by atoms with van der Waals surface area (Å²) in [6, 6.07) is 9.31. The van der Waals surface area contributed by atoms with Crippen LogP contribution in [0.3, 0.4) is 0 Å². The SMILES string of the molecule is CCCCn1c(N)c(N)c(=O)n(Cc2ccccc2)c1=O. The van der Waals surface area contributed by atoms with Gasteiger partial charge in [0.2, 0.25) is 0 Å². The molecule has 0 saturated heterocycles. The standard InChI is InChI=1S/C15H20N4O2/c1-2-3-9-18-13(17)12(16)14(20)19(15(18)21)10-11-7-5-4-6-8-11/h4-8H,2-3,9-10,16-17H2,1H3. The van der Waals surface area contributed by atoms with Gasteiger partial charge in [-0.05, 0) is 12.0 Å². The van der Waals surface area contributed by atoms with Gasteiger partial charge in [0.15, 0.2) is 0 Å². The molecule has 4 N–H and O–H groups in total. The number of hydrogen-bond acceptors (Lipinski definition) is 4. The van der Waals surface area contributed by atoms with Crippen molar-refractivity contribution in [2.45, 2.75) is 32.9 Å². The Labute approximate surface area is 122 Å². The Bertz CT molecular complexity index is 732. The summed E-state index contributed by atoms with van der Waals surface area (Å²) in [4.78, 5) is 24.6. The molecule has 6 nitrogen and oxygen atoms in total. The van der Waals surface area contributed by atoms with Crippen LogP contribution in [0, 0.1) is 0 Å². The van der Waals surface area contributed by atoms with Crippen molar-refractivity contribution in [3.63, 3.8) is 0 Å². The van der Waals surface area contributed by atoms with E-state index in [-0.39, 0.29) is 18.1 Å². The van der Waals surface area contributed by atoms with E-state index >= 15 is 0 Å². The quantitative estimate of drug-likeness (QED) is 0.858. The van der Waals surface area contributed by atoms with E-state index in [4.69, 9.17) is 11.5 Å². The Kier molecular flexibility index (Phi) is 4.47. The minimum atomic E-state index is -0.533. The molecule has 0 unspecified atom stereocenters. The molecule has 0 aliphatic carbocycles. The van der Waals surface area contributed by atoms with Crippen molar-refractivity contribution in [2.75, 3.05) is 11.5 Å². The monoisotopic (exact) mass is 288 g/mol. The van der Waals surface area contributed by atoms with E-state index in [1.165, 1.54) is 4.57 Å². The Balaban J connectivity index is 2.53. The number of hydrogen-bond donors (Lipinski definition) is 2. The van der Waals surface area contributed by atoms with Crippen LogP contribution in [0.1, 0.15) is 25.3 Å². The summed E-state index contributed by atoms with van der Waals surface area (Å²) in [5, 5.41) is 0. The van der Waals surface area contributed by atoms with Crippen molar-refractivity contribution in [2.24, 2.45) is 0 Å². The van der Waals surface area contributed by atoms with Crippen LogP contribution in [-0.4, -0.2) is 9.13 Å². The smallest absolute Gasteiger partial charge is 0.332 e. The topological polar surface area (TPSA) is 96.0 Å². The number of rotatable bonds is 5. The third-order valence-electron chi connectivity index (χ3n) is 3.42. The van der Waals surface area contributed by atoms with Crippen molar-refractivity contribution in [3.8, 4) is 0 Å². The first-order chi connectivity index (χ1) is 10.1. The van der Waals surface area contributed by atoms with Crippen molar-refractivity contribution < 1.29 is 0 Å². The van der Waals surface area contributed by atoms with Crippen LogP contribution in [-0.2, 0) is 13.1 Å². The van der Waals surface area contributed by atoms with Gasteiger partial charge in [-0.3, -0.25) is 13.9 Å². The highest BCUT2D eigenvalue weighted by molar-refractivity contribution is 5.56. The normalized spacial score (nSPS) is 10.7. The van der Waals surface area contributed by atoms with Crippen LogP contribution in [0.2, 0.25) is 0 Å². The average Bonchev–Trinajstić information content (AvgIpc) is 2.51. The lowest BCUT2D eigenvalue weighted by Crippen LogP contribution is -2.42. The van der Waals surface area contributed by atoms with E-state index in [9.17, 15) is 9.59 Å². The summed E-state index contributed by atoms with van der Waals surface area (Å²) in [5.41, 5.74) is 11.4.